The van der Waals surface area contributed by atoms with E-state index in [9.17, 15) is 10.1 Å². The Kier molecular flexibility index (Phi) is 4.73. The first kappa shape index (κ1) is 16.8. The number of nitrogens with zero attached hydrogens (tertiary/aromatic N) is 3. The molecular weight excluding hydrogens is 322 g/mol. The molecule has 1 amide bonds. The molecule has 0 saturated carbocycles. The second-order valence-electron chi connectivity index (χ2n) is 7.15. The van der Waals surface area contributed by atoms with Crippen LogP contribution in [0.5, 0.6) is 0 Å². The average molecular weight is 345 g/mol. The average Bonchev–Trinajstić information content (AvgIpc) is 2.73. The van der Waals surface area contributed by atoms with Gasteiger partial charge >= 0.3 is 0 Å². The van der Waals surface area contributed by atoms with Gasteiger partial charge in [-0.1, -0.05) is 36.4 Å². The molecule has 1 saturated heterocycles. The number of carbonyl (C=O) groups excluding carboxylic acids is 1. The number of fused-ring (bicyclic) bond motifs is 1. The van der Waals surface area contributed by atoms with Gasteiger partial charge in [0.2, 0.25) is 0 Å². The van der Waals surface area contributed by atoms with E-state index in [1.165, 1.54) is 17.5 Å². The van der Waals surface area contributed by atoms with Gasteiger partial charge in [-0.15, -0.1) is 0 Å². The van der Waals surface area contributed by atoms with Gasteiger partial charge in [-0.3, -0.25) is 9.69 Å². The van der Waals surface area contributed by atoms with Gasteiger partial charge in [-0.2, -0.15) is 5.26 Å². The van der Waals surface area contributed by atoms with Crippen LogP contribution < -0.4 is 0 Å². The summed E-state index contributed by atoms with van der Waals surface area (Å²) in [5, 5.41) is 9.23. The summed E-state index contributed by atoms with van der Waals surface area (Å²) < 4.78 is 0. The Hall–Kier alpha value is -2.64. The molecule has 1 fully saturated rings. The van der Waals surface area contributed by atoms with E-state index in [4.69, 9.17) is 0 Å². The Balaban J connectivity index is 1.39. The number of piperazine rings is 1. The van der Waals surface area contributed by atoms with Crippen molar-refractivity contribution in [2.24, 2.45) is 0 Å². The lowest BCUT2D eigenvalue weighted by Crippen LogP contribution is -2.53. The first-order valence-corrected chi connectivity index (χ1v) is 9.35. The Morgan fingerprint density at radius 2 is 1.65 bits per heavy atom. The number of hydrogen-bond acceptors (Lipinski definition) is 3. The number of rotatable bonds is 2. The third-order valence-electron chi connectivity index (χ3n) is 5.72. The maximum Gasteiger partial charge on any atom is 0.255 e. The molecule has 2 aliphatic rings. The number of carbonyl (C=O) groups is 1. The van der Waals surface area contributed by atoms with Crippen molar-refractivity contribution >= 4 is 5.91 Å². The van der Waals surface area contributed by atoms with Crippen molar-refractivity contribution in [1.82, 2.24) is 9.80 Å². The van der Waals surface area contributed by atoms with Gasteiger partial charge in [0, 0.05) is 32.2 Å². The zero-order chi connectivity index (χ0) is 17.9. The quantitative estimate of drug-likeness (QED) is 0.841. The molecule has 4 heteroatoms. The second-order valence-corrected chi connectivity index (χ2v) is 7.15. The lowest BCUT2D eigenvalue weighted by Gasteiger charge is -2.41. The predicted molar refractivity (Wildman–Crippen MR) is 101 cm³/mol. The van der Waals surface area contributed by atoms with Gasteiger partial charge in [0.25, 0.3) is 5.91 Å². The smallest absolute Gasteiger partial charge is 0.255 e. The van der Waals surface area contributed by atoms with Crippen LogP contribution in [0, 0.1) is 11.3 Å². The molecule has 132 valence electrons. The van der Waals surface area contributed by atoms with Crippen LogP contribution in [0.1, 0.15) is 33.5 Å². The Labute approximate surface area is 154 Å². The molecule has 0 N–H and O–H groups in total. The highest BCUT2D eigenvalue weighted by atomic mass is 16.2. The van der Waals surface area contributed by atoms with Gasteiger partial charge < -0.3 is 4.90 Å². The van der Waals surface area contributed by atoms with Crippen LogP contribution in [0.25, 0.3) is 0 Å². The molecule has 1 aliphatic carbocycles. The summed E-state index contributed by atoms with van der Waals surface area (Å²) in [7, 11) is 0. The minimum absolute atomic E-state index is 0.0178. The Morgan fingerprint density at radius 3 is 2.42 bits per heavy atom. The van der Waals surface area contributed by atoms with Crippen molar-refractivity contribution in [2.75, 3.05) is 26.2 Å². The Bertz CT molecular complexity index is 846. The first-order valence-electron chi connectivity index (χ1n) is 9.35. The van der Waals surface area contributed by atoms with Gasteiger partial charge in [0.15, 0.2) is 0 Å². The molecule has 4 rings (SSSR count). The summed E-state index contributed by atoms with van der Waals surface area (Å²) in [4.78, 5) is 17.2. The predicted octanol–water partition coefficient (Wildman–Crippen LogP) is 2.87. The number of aryl methyl sites for hydroxylation is 1. The number of nitriles is 1. The minimum atomic E-state index is -0.0178. The fraction of sp³-hybridized carbons (Fsp3) is 0.364. The fourth-order valence-electron chi connectivity index (χ4n) is 4.22. The van der Waals surface area contributed by atoms with Crippen molar-refractivity contribution in [3.63, 3.8) is 0 Å². The van der Waals surface area contributed by atoms with E-state index in [1.54, 1.807) is 18.2 Å². The van der Waals surface area contributed by atoms with E-state index < -0.39 is 0 Å². The van der Waals surface area contributed by atoms with E-state index in [1.807, 2.05) is 11.0 Å². The Morgan fingerprint density at radius 1 is 0.962 bits per heavy atom. The molecule has 0 radical (unpaired) electrons. The largest absolute Gasteiger partial charge is 0.336 e. The molecular formula is C22H23N3O. The maximum absolute atomic E-state index is 12.8. The van der Waals surface area contributed by atoms with Crippen LogP contribution in [-0.2, 0) is 12.8 Å². The molecule has 1 aliphatic heterocycles. The van der Waals surface area contributed by atoms with Gasteiger partial charge in [0.1, 0.15) is 0 Å². The van der Waals surface area contributed by atoms with Gasteiger partial charge in [-0.05, 0) is 42.5 Å². The van der Waals surface area contributed by atoms with E-state index in [-0.39, 0.29) is 5.91 Å². The summed E-state index contributed by atoms with van der Waals surface area (Å²) in [6, 6.07) is 18.5. The standard InChI is InChI=1S/C22H23N3O/c23-16-19-7-3-4-8-21(19)22(26)25-13-11-24(12-14-25)20-10-9-17-5-1-2-6-18(17)15-20/h1-8,20H,9-15H2/t20-/m1/s1. The summed E-state index contributed by atoms with van der Waals surface area (Å²) in [5.74, 6) is -0.0178. The molecule has 0 aromatic heterocycles. The molecule has 2 aromatic carbocycles. The highest BCUT2D eigenvalue weighted by molar-refractivity contribution is 5.96. The minimum Gasteiger partial charge on any atom is -0.336 e. The second kappa shape index (κ2) is 7.31. The third-order valence-corrected chi connectivity index (χ3v) is 5.72. The normalized spacial score (nSPS) is 20.3. The van der Waals surface area contributed by atoms with E-state index in [2.05, 4.69) is 35.2 Å². The van der Waals surface area contributed by atoms with Crippen molar-refractivity contribution in [1.29, 1.82) is 5.26 Å². The molecule has 0 spiro atoms. The SMILES string of the molecule is N#Cc1ccccc1C(=O)N1CCN([C@@H]2CCc3ccccc3C2)CC1. The summed E-state index contributed by atoms with van der Waals surface area (Å²) in [6.07, 6.45) is 3.46. The van der Waals surface area contributed by atoms with Crippen molar-refractivity contribution < 1.29 is 4.79 Å². The lowest BCUT2D eigenvalue weighted by atomic mass is 9.87. The lowest BCUT2D eigenvalue weighted by molar-refractivity contribution is 0.0553. The molecule has 1 heterocycles. The van der Waals surface area contributed by atoms with Crippen LogP contribution in [0.3, 0.4) is 0 Å². The van der Waals surface area contributed by atoms with Crippen molar-refractivity contribution in [3.8, 4) is 6.07 Å². The number of amides is 1. The molecule has 0 unspecified atom stereocenters. The maximum atomic E-state index is 12.8. The number of benzene rings is 2. The molecule has 0 bridgehead atoms. The number of hydrogen-bond donors (Lipinski definition) is 0. The van der Waals surface area contributed by atoms with Crippen molar-refractivity contribution in [3.05, 3.63) is 70.8 Å². The highest BCUT2D eigenvalue weighted by Gasteiger charge is 2.29. The van der Waals surface area contributed by atoms with Crippen LogP contribution in [-0.4, -0.2) is 47.9 Å². The third kappa shape index (κ3) is 3.23. The molecule has 26 heavy (non-hydrogen) atoms. The zero-order valence-corrected chi connectivity index (χ0v) is 14.9. The summed E-state index contributed by atoms with van der Waals surface area (Å²) >= 11 is 0. The first-order chi connectivity index (χ1) is 12.8. The van der Waals surface area contributed by atoms with Crippen LogP contribution in [0.15, 0.2) is 48.5 Å². The van der Waals surface area contributed by atoms with Crippen LogP contribution >= 0.6 is 0 Å². The van der Waals surface area contributed by atoms with E-state index in [0.717, 1.165) is 39.0 Å². The molecule has 1 atom stereocenters. The van der Waals surface area contributed by atoms with Crippen molar-refractivity contribution in [2.45, 2.75) is 25.3 Å². The van der Waals surface area contributed by atoms with E-state index >= 15 is 0 Å². The zero-order valence-electron chi connectivity index (χ0n) is 14.9. The van der Waals surface area contributed by atoms with Gasteiger partial charge in [-0.25, -0.2) is 0 Å². The monoisotopic (exact) mass is 345 g/mol. The molecule has 4 nitrogen and oxygen atoms in total. The fourth-order valence-corrected chi connectivity index (χ4v) is 4.22. The topological polar surface area (TPSA) is 47.3 Å². The van der Waals surface area contributed by atoms with Gasteiger partial charge in [0.05, 0.1) is 17.2 Å². The van der Waals surface area contributed by atoms with E-state index in [0.29, 0.717) is 17.2 Å². The van der Waals surface area contributed by atoms with Crippen LogP contribution in [0.4, 0.5) is 0 Å². The highest BCUT2D eigenvalue weighted by Crippen LogP contribution is 2.25. The summed E-state index contributed by atoms with van der Waals surface area (Å²) in [5.41, 5.74) is 3.95. The molecule has 2 aromatic rings. The summed E-state index contributed by atoms with van der Waals surface area (Å²) in [6.45, 7) is 3.29. The van der Waals surface area contributed by atoms with Crippen LogP contribution in [0.2, 0.25) is 0 Å².